The van der Waals surface area contributed by atoms with E-state index in [-0.39, 0.29) is 27.8 Å². The maximum absolute atomic E-state index is 13.4. The molecule has 0 spiro atoms. The minimum atomic E-state index is -0.985. The second-order valence-electron chi connectivity index (χ2n) is 7.26. The van der Waals surface area contributed by atoms with Crippen LogP contribution in [-0.2, 0) is 6.42 Å². The fourth-order valence-corrected chi connectivity index (χ4v) is 4.38. The van der Waals surface area contributed by atoms with Crippen LogP contribution in [0.1, 0.15) is 38.8 Å². The molecule has 9 heteroatoms. The van der Waals surface area contributed by atoms with Crippen molar-refractivity contribution >= 4 is 45.6 Å². The monoisotopic (exact) mass is 463 g/mol. The zero-order valence-electron chi connectivity index (χ0n) is 17.9. The van der Waals surface area contributed by atoms with Crippen molar-refractivity contribution < 1.29 is 24.2 Å². The van der Waals surface area contributed by atoms with E-state index in [0.29, 0.717) is 17.0 Å². The highest BCUT2D eigenvalue weighted by Gasteiger charge is 2.29. The fourth-order valence-electron chi connectivity index (χ4n) is 3.75. The molecular formula is C24H21N3O5S. The van der Waals surface area contributed by atoms with Crippen molar-refractivity contribution in [2.45, 2.75) is 13.3 Å². The molecule has 0 fully saturated rings. The lowest BCUT2D eigenvalue weighted by molar-refractivity contribution is 0.102. The van der Waals surface area contributed by atoms with Gasteiger partial charge in [0.25, 0.3) is 5.91 Å². The molecule has 0 aliphatic carbocycles. The molecule has 0 radical (unpaired) electrons. The lowest BCUT2D eigenvalue weighted by Crippen LogP contribution is -2.19. The molecule has 0 aliphatic rings. The van der Waals surface area contributed by atoms with Crippen LogP contribution in [0.4, 0.5) is 10.5 Å². The van der Waals surface area contributed by atoms with E-state index in [2.05, 4.69) is 5.32 Å². The van der Waals surface area contributed by atoms with Crippen molar-refractivity contribution in [1.29, 1.82) is 0 Å². The summed E-state index contributed by atoms with van der Waals surface area (Å²) < 4.78 is 6.20. The number of nitrogens with two attached hydrogens (primary N) is 1. The van der Waals surface area contributed by atoms with E-state index in [1.807, 2.05) is 13.0 Å². The molecule has 0 atom stereocenters. The van der Waals surface area contributed by atoms with Gasteiger partial charge in [0.1, 0.15) is 11.3 Å². The van der Waals surface area contributed by atoms with Crippen LogP contribution in [0.25, 0.3) is 10.9 Å². The van der Waals surface area contributed by atoms with E-state index in [9.17, 15) is 19.5 Å². The number of carbonyl (C=O) groups excluding carboxylic acids is 3. The van der Waals surface area contributed by atoms with Crippen LogP contribution >= 0.6 is 11.3 Å². The van der Waals surface area contributed by atoms with Crippen LogP contribution in [-0.4, -0.2) is 34.5 Å². The number of rotatable bonds is 6. The number of hydrogen-bond acceptors (Lipinski definition) is 6. The van der Waals surface area contributed by atoms with Gasteiger partial charge in [-0.3, -0.25) is 9.59 Å². The first-order valence-corrected chi connectivity index (χ1v) is 11.0. The van der Waals surface area contributed by atoms with Gasteiger partial charge < -0.3 is 20.9 Å². The normalized spacial score (nSPS) is 10.8. The molecule has 2 heterocycles. The fraction of sp³-hybridized carbons (Fsp3) is 0.125. The molecule has 4 rings (SSSR count). The highest BCUT2D eigenvalue weighted by atomic mass is 32.1. The van der Waals surface area contributed by atoms with Gasteiger partial charge >= 0.3 is 6.03 Å². The molecule has 2 aromatic heterocycles. The van der Waals surface area contributed by atoms with Gasteiger partial charge in [-0.2, -0.15) is 11.3 Å². The third-order valence-electron chi connectivity index (χ3n) is 5.37. The summed E-state index contributed by atoms with van der Waals surface area (Å²) in [6, 6.07) is 10.6. The molecular weight excluding hydrogens is 442 g/mol. The lowest BCUT2D eigenvalue weighted by atomic mass is 9.99. The number of primary amides is 1. The third kappa shape index (κ3) is 3.83. The van der Waals surface area contributed by atoms with Crippen molar-refractivity contribution in [2.75, 3.05) is 12.4 Å². The van der Waals surface area contributed by atoms with E-state index in [0.717, 1.165) is 16.6 Å². The highest BCUT2D eigenvalue weighted by molar-refractivity contribution is 7.08. The standard InChI is InChI=1S/C24H21N3O5S/c1-3-13-7-8-16(18(11-13)32-2)26-22(29)20-19-15(21(28)14-9-10-33-12-14)5-4-6-17(19)27(23(20)30)24(25)31/h4-12,30H,3H2,1-2H3,(H2,25,31)(H,26,29). The summed E-state index contributed by atoms with van der Waals surface area (Å²) >= 11 is 1.36. The Morgan fingerprint density at radius 2 is 1.97 bits per heavy atom. The van der Waals surface area contributed by atoms with Gasteiger partial charge in [-0.15, -0.1) is 0 Å². The van der Waals surface area contributed by atoms with Gasteiger partial charge in [0.2, 0.25) is 5.88 Å². The number of anilines is 1. The zero-order chi connectivity index (χ0) is 23.7. The Kier molecular flexibility index (Phi) is 5.89. The van der Waals surface area contributed by atoms with Crippen LogP contribution in [0.3, 0.4) is 0 Å². The summed E-state index contributed by atoms with van der Waals surface area (Å²) in [6.07, 6.45) is 0.783. The van der Waals surface area contributed by atoms with E-state index in [1.165, 1.54) is 24.5 Å². The number of methoxy groups -OCH3 is 1. The van der Waals surface area contributed by atoms with Crippen molar-refractivity contribution in [3.8, 4) is 11.6 Å². The zero-order valence-corrected chi connectivity index (χ0v) is 18.7. The van der Waals surface area contributed by atoms with E-state index in [1.54, 1.807) is 41.1 Å². The van der Waals surface area contributed by atoms with Crippen LogP contribution in [0.5, 0.6) is 11.6 Å². The predicted octanol–water partition coefficient (Wildman–Crippen LogP) is 4.39. The minimum absolute atomic E-state index is 0.131. The number of ketones is 1. The number of aromatic hydroxyl groups is 1. The first kappa shape index (κ1) is 22.1. The Bertz CT molecular complexity index is 1390. The number of benzene rings is 2. The third-order valence-corrected chi connectivity index (χ3v) is 6.05. The van der Waals surface area contributed by atoms with Crippen molar-refractivity contribution in [3.05, 3.63) is 75.5 Å². The summed E-state index contributed by atoms with van der Waals surface area (Å²) in [7, 11) is 1.48. The van der Waals surface area contributed by atoms with E-state index in [4.69, 9.17) is 10.5 Å². The quantitative estimate of drug-likeness (QED) is 0.366. The first-order chi connectivity index (χ1) is 15.9. The Morgan fingerprint density at radius 3 is 2.61 bits per heavy atom. The maximum Gasteiger partial charge on any atom is 0.326 e. The van der Waals surface area contributed by atoms with Crippen LogP contribution < -0.4 is 15.8 Å². The number of aryl methyl sites for hydroxylation is 1. The summed E-state index contributed by atoms with van der Waals surface area (Å²) in [5, 5.41) is 17.1. The van der Waals surface area contributed by atoms with E-state index >= 15 is 0 Å². The molecule has 0 unspecified atom stereocenters. The second-order valence-corrected chi connectivity index (χ2v) is 8.04. The first-order valence-electron chi connectivity index (χ1n) is 10.1. The number of ether oxygens (including phenoxy) is 1. The minimum Gasteiger partial charge on any atom is -0.495 e. The Balaban J connectivity index is 1.90. The average Bonchev–Trinajstić information content (AvgIpc) is 3.44. The summed E-state index contributed by atoms with van der Waals surface area (Å²) in [5.74, 6) is -1.27. The molecule has 33 heavy (non-hydrogen) atoms. The van der Waals surface area contributed by atoms with Gasteiger partial charge in [-0.1, -0.05) is 25.1 Å². The number of amides is 2. The van der Waals surface area contributed by atoms with Gasteiger partial charge in [0.05, 0.1) is 18.3 Å². The molecule has 2 amide bonds. The Hall–Kier alpha value is -4.11. The second kappa shape index (κ2) is 8.79. The smallest absolute Gasteiger partial charge is 0.326 e. The predicted molar refractivity (Wildman–Crippen MR) is 127 cm³/mol. The average molecular weight is 464 g/mol. The summed E-state index contributed by atoms with van der Waals surface area (Å²) in [5.41, 5.74) is 7.38. The summed E-state index contributed by atoms with van der Waals surface area (Å²) in [6.45, 7) is 2.00. The number of thiophene rings is 1. The van der Waals surface area contributed by atoms with E-state index < -0.39 is 17.8 Å². The molecule has 0 saturated carbocycles. The number of nitrogens with one attached hydrogen (secondary N) is 1. The maximum atomic E-state index is 13.4. The largest absolute Gasteiger partial charge is 0.495 e. The molecule has 8 nitrogen and oxygen atoms in total. The van der Waals surface area contributed by atoms with Gasteiger partial charge in [0, 0.05) is 21.9 Å². The lowest BCUT2D eigenvalue weighted by Gasteiger charge is -2.12. The molecule has 4 aromatic rings. The number of hydrogen-bond donors (Lipinski definition) is 3. The number of nitrogens with zero attached hydrogens (tertiary/aromatic N) is 1. The van der Waals surface area contributed by atoms with Crippen molar-refractivity contribution in [3.63, 3.8) is 0 Å². The SMILES string of the molecule is CCc1ccc(NC(=O)c2c(O)n(C(N)=O)c3cccc(C(=O)c4ccsc4)c23)c(OC)c1. The topological polar surface area (TPSA) is 124 Å². The molecule has 0 aliphatic heterocycles. The van der Waals surface area contributed by atoms with Gasteiger partial charge in [0.15, 0.2) is 5.78 Å². The highest BCUT2D eigenvalue weighted by Crippen LogP contribution is 2.36. The summed E-state index contributed by atoms with van der Waals surface area (Å²) in [4.78, 5) is 38.6. The molecule has 0 saturated heterocycles. The Labute approximate surface area is 193 Å². The molecule has 168 valence electrons. The Morgan fingerprint density at radius 1 is 1.18 bits per heavy atom. The molecule has 0 bridgehead atoms. The van der Waals surface area contributed by atoms with Crippen molar-refractivity contribution in [2.24, 2.45) is 5.73 Å². The van der Waals surface area contributed by atoms with Gasteiger partial charge in [-0.25, -0.2) is 9.36 Å². The number of carbonyl (C=O) groups is 3. The molecule has 2 aromatic carbocycles. The van der Waals surface area contributed by atoms with Gasteiger partial charge in [-0.05, 0) is 41.6 Å². The number of aromatic nitrogens is 1. The molecule has 4 N–H and O–H groups in total. The van der Waals surface area contributed by atoms with Crippen LogP contribution in [0, 0.1) is 0 Å². The van der Waals surface area contributed by atoms with Crippen LogP contribution in [0.2, 0.25) is 0 Å². The van der Waals surface area contributed by atoms with Crippen molar-refractivity contribution in [1.82, 2.24) is 4.57 Å². The van der Waals surface area contributed by atoms with Crippen LogP contribution in [0.15, 0.2) is 53.2 Å². The number of fused-ring (bicyclic) bond motifs is 1.